The summed E-state index contributed by atoms with van der Waals surface area (Å²) in [6.45, 7) is 5.41. The van der Waals surface area contributed by atoms with E-state index >= 15 is 0 Å². The fourth-order valence-corrected chi connectivity index (χ4v) is 2.99. The fraction of sp³-hybridized carbons (Fsp3) is 0.200. The maximum Gasteiger partial charge on any atom is 0.340 e. The van der Waals surface area contributed by atoms with Crippen molar-refractivity contribution in [3.63, 3.8) is 0 Å². The summed E-state index contributed by atoms with van der Waals surface area (Å²) < 4.78 is 10.8. The molecule has 3 aromatic rings. The van der Waals surface area contributed by atoms with E-state index in [1.807, 2.05) is 36.4 Å². The van der Waals surface area contributed by atoms with Gasteiger partial charge in [-0.25, -0.2) is 4.79 Å². The van der Waals surface area contributed by atoms with Crippen molar-refractivity contribution in [2.24, 2.45) is 0 Å². The molecule has 0 aliphatic rings. The van der Waals surface area contributed by atoms with Crippen molar-refractivity contribution in [2.75, 3.05) is 12.4 Å². The van der Waals surface area contributed by atoms with Crippen molar-refractivity contribution in [1.29, 1.82) is 0 Å². The van der Waals surface area contributed by atoms with Crippen LogP contribution in [0.2, 0.25) is 0 Å². The molecule has 5 heteroatoms. The number of nitrogens with one attached hydrogen (secondary N) is 1. The van der Waals surface area contributed by atoms with Gasteiger partial charge in [0.25, 0.3) is 5.91 Å². The number of hydrogen-bond acceptors (Lipinski definition) is 4. The lowest BCUT2D eigenvalue weighted by Crippen LogP contribution is -2.25. The molecular weight excluding hydrogens is 378 g/mol. The third-order valence-electron chi connectivity index (χ3n) is 4.35. The number of benzene rings is 3. The van der Waals surface area contributed by atoms with Crippen molar-refractivity contribution >= 4 is 17.6 Å². The quantitative estimate of drug-likeness (QED) is 0.566. The van der Waals surface area contributed by atoms with Crippen LogP contribution in [0.4, 0.5) is 5.69 Å². The highest BCUT2D eigenvalue weighted by atomic mass is 16.6. The first kappa shape index (κ1) is 21.1. The molecule has 0 saturated heterocycles. The lowest BCUT2D eigenvalue weighted by molar-refractivity contribution is 0.00708. The number of rotatable bonds is 5. The molecule has 0 bridgehead atoms. The molecule has 0 aromatic heterocycles. The van der Waals surface area contributed by atoms with E-state index in [9.17, 15) is 9.59 Å². The van der Waals surface area contributed by atoms with E-state index in [1.165, 1.54) is 7.11 Å². The molecule has 0 aliphatic heterocycles. The van der Waals surface area contributed by atoms with Gasteiger partial charge in [0.15, 0.2) is 0 Å². The number of methoxy groups -OCH3 is 1. The first-order chi connectivity index (χ1) is 14.3. The van der Waals surface area contributed by atoms with Gasteiger partial charge in [-0.1, -0.05) is 48.5 Å². The summed E-state index contributed by atoms with van der Waals surface area (Å²) in [5, 5.41) is 2.86. The first-order valence-corrected chi connectivity index (χ1v) is 9.65. The van der Waals surface area contributed by atoms with Crippen LogP contribution in [-0.4, -0.2) is 24.6 Å². The van der Waals surface area contributed by atoms with Crippen molar-refractivity contribution in [2.45, 2.75) is 26.4 Å². The number of hydrogen-bond donors (Lipinski definition) is 1. The highest BCUT2D eigenvalue weighted by Gasteiger charge is 2.22. The van der Waals surface area contributed by atoms with Crippen LogP contribution in [0.5, 0.6) is 5.75 Å². The second kappa shape index (κ2) is 8.82. The summed E-state index contributed by atoms with van der Waals surface area (Å²) in [6, 6.07) is 22.0. The van der Waals surface area contributed by atoms with Gasteiger partial charge in [0, 0.05) is 0 Å². The predicted molar refractivity (Wildman–Crippen MR) is 118 cm³/mol. The van der Waals surface area contributed by atoms with E-state index in [0.717, 1.165) is 11.1 Å². The average molecular weight is 403 g/mol. The minimum atomic E-state index is -0.654. The Morgan fingerprint density at radius 3 is 2.13 bits per heavy atom. The molecule has 0 radical (unpaired) electrons. The van der Waals surface area contributed by atoms with Gasteiger partial charge < -0.3 is 14.8 Å². The van der Waals surface area contributed by atoms with E-state index in [4.69, 9.17) is 9.47 Å². The molecule has 0 unspecified atom stereocenters. The SMILES string of the molecule is COc1ccccc1C(=O)Nc1cc(-c2ccccc2)ccc1C(=O)OC(C)(C)C. The molecule has 0 aliphatic carbocycles. The third-order valence-corrected chi connectivity index (χ3v) is 4.35. The normalized spacial score (nSPS) is 10.9. The lowest BCUT2D eigenvalue weighted by Gasteiger charge is -2.21. The lowest BCUT2D eigenvalue weighted by atomic mass is 10.0. The summed E-state index contributed by atoms with van der Waals surface area (Å²) in [4.78, 5) is 25.7. The molecule has 0 heterocycles. The Labute approximate surface area is 176 Å². The van der Waals surface area contributed by atoms with E-state index in [2.05, 4.69) is 5.32 Å². The minimum absolute atomic E-state index is 0.285. The van der Waals surface area contributed by atoms with E-state index < -0.39 is 11.6 Å². The van der Waals surface area contributed by atoms with Crippen LogP contribution in [0.25, 0.3) is 11.1 Å². The third kappa shape index (κ3) is 5.06. The van der Waals surface area contributed by atoms with Gasteiger partial charge in [-0.05, 0) is 56.2 Å². The van der Waals surface area contributed by atoms with Crippen LogP contribution in [-0.2, 0) is 4.74 Å². The fourth-order valence-electron chi connectivity index (χ4n) is 2.99. The van der Waals surface area contributed by atoms with Crippen LogP contribution >= 0.6 is 0 Å². The van der Waals surface area contributed by atoms with Gasteiger partial charge in [0.2, 0.25) is 0 Å². The summed E-state index contributed by atoms with van der Waals surface area (Å²) in [6.07, 6.45) is 0. The second-order valence-corrected chi connectivity index (χ2v) is 7.78. The van der Waals surface area contributed by atoms with E-state index in [-0.39, 0.29) is 11.5 Å². The molecule has 30 heavy (non-hydrogen) atoms. The van der Waals surface area contributed by atoms with Crippen LogP contribution in [0.3, 0.4) is 0 Å². The zero-order valence-corrected chi connectivity index (χ0v) is 17.6. The van der Waals surface area contributed by atoms with Crippen LogP contribution < -0.4 is 10.1 Å². The minimum Gasteiger partial charge on any atom is -0.496 e. The number of carbonyl (C=O) groups excluding carboxylic acids is 2. The van der Waals surface area contributed by atoms with Gasteiger partial charge >= 0.3 is 5.97 Å². The number of anilines is 1. The topological polar surface area (TPSA) is 64.6 Å². The molecule has 1 amide bonds. The monoisotopic (exact) mass is 403 g/mol. The smallest absolute Gasteiger partial charge is 0.340 e. The number of amides is 1. The Hall–Kier alpha value is -3.60. The molecular formula is C25H25NO4. The molecule has 1 N–H and O–H groups in total. The molecule has 0 spiro atoms. The highest BCUT2D eigenvalue weighted by Crippen LogP contribution is 2.28. The Balaban J connectivity index is 2.02. The summed E-state index contributed by atoms with van der Waals surface area (Å²) in [5.74, 6) is -0.423. The summed E-state index contributed by atoms with van der Waals surface area (Å²) >= 11 is 0. The van der Waals surface area contributed by atoms with Crippen LogP contribution in [0, 0.1) is 0 Å². The van der Waals surface area contributed by atoms with Gasteiger partial charge in [-0.3, -0.25) is 4.79 Å². The van der Waals surface area contributed by atoms with Gasteiger partial charge in [-0.2, -0.15) is 0 Å². The molecule has 3 aromatic carbocycles. The molecule has 3 rings (SSSR count). The summed E-state index contributed by atoms with van der Waals surface area (Å²) in [7, 11) is 1.51. The Morgan fingerprint density at radius 1 is 0.800 bits per heavy atom. The predicted octanol–water partition coefficient (Wildman–Crippen LogP) is 5.57. The Kier molecular flexibility index (Phi) is 6.21. The first-order valence-electron chi connectivity index (χ1n) is 9.65. The number of esters is 1. The van der Waals surface area contributed by atoms with Gasteiger partial charge in [-0.15, -0.1) is 0 Å². The van der Waals surface area contributed by atoms with Crippen molar-refractivity contribution in [3.05, 3.63) is 83.9 Å². The number of ether oxygens (including phenoxy) is 2. The molecule has 5 nitrogen and oxygen atoms in total. The Bertz CT molecular complexity index is 1050. The Morgan fingerprint density at radius 2 is 1.47 bits per heavy atom. The van der Waals surface area contributed by atoms with Crippen LogP contribution in [0.15, 0.2) is 72.8 Å². The van der Waals surface area contributed by atoms with Gasteiger partial charge in [0.05, 0.1) is 23.9 Å². The zero-order valence-electron chi connectivity index (χ0n) is 17.6. The maximum absolute atomic E-state index is 13.0. The summed E-state index contributed by atoms with van der Waals surface area (Å²) in [5.41, 5.74) is 2.23. The average Bonchev–Trinajstić information content (AvgIpc) is 2.73. The van der Waals surface area contributed by atoms with Crippen molar-refractivity contribution in [3.8, 4) is 16.9 Å². The van der Waals surface area contributed by atoms with E-state index in [1.54, 1.807) is 57.2 Å². The van der Waals surface area contributed by atoms with E-state index in [0.29, 0.717) is 17.0 Å². The molecule has 0 atom stereocenters. The maximum atomic E-state index is 13.0. The van der Waals surface area contributed by atoms with Gasteiger partial charge in [0.1, 0.15) is 11.4 Å². The van der Waals surface area contributed by atoms with Crippen molar-refractivity contribution < 1.29 is 19.1 Å². The highest BCUT2D eigenvalue weighted by molar-refractivity contribution is 6.09. The number of carbonyl (C=O) groups is 2. The van der Waals surface area contributed by atoms with Crippen molar-refractivity contribution in [1.82, 2.24) is 0 Å². The van der Waals surface area contributed by atoms with Crippen LogP contribution in [0.1, 0.15) is 41.5 Å². The largest absolute Gasteiger partial charge is 0.496 e. The molecule has 0 saturated carbocycles. The standard InChI is InChI=1S/C25H25NO4/c1-25(2,3)30-24(28)19-15-14-18(17-10-6-5-7-11-17)16-21(19)26-23(27)20-12-8-9-13-22(20)29-4/h5-16H,1-4H3,(H,26,27). The zero-order chi connectivity index (χ0) is 21.7. The molecule has 154 valence electrons. The second-order valence-electron chi connectivity index (χ2n) is 7.78. The number of para-hydroxylation sites is 1. The molecule has 0 fully saturated rings.